The Balaban J connectivity index is 2.16. The highest BCUT2D eigenvalue weighted by atomic mass is 16.5. The van der Waals surface area contributed by atoms with Crippen LogP contribution in [0.25, 0.3) is 0 Å². The topological polar surface area (TPSA) is 21.3 Å². The number of hydrogen-bond acceptors (Lipinski definition) is 2. The van der Waals surface area contributed by atoms with Gasteiger partial charge in [0.1, 0.15) is 0 Å². The van der Waals surface area contributed by atoms with Crippen molar-refractivity contribution < 1.29 is 4.74 Å². The third-order valence-electron chi connectivity index (χ3n) is 2.26. The highest BCUT2D eigenvalue weighted by molar-refractivity contribution is 4.79. The summed E-state index contributed by atoms with van der Waals surface area (Å²) in [5.74, 6) is 0.704. The summed E-state index contributed by atoms with van der Waals surface area (Å²) in [4.78, 5) is 0. The number of nitrogens with one attached hydrogen (secondary N) is 1. The van der Waals surface area contributed by atoms with E-state index in [1.165, 1.54) is 6.42 Å². The van der Waals surface area contributed by atoms with Crippen LogP contribution in [0.2, 0.25) is 0 Å². The lowest BCUT2D eigenvalue weighted by atomic mass is 10.0. The third kappa shape index (κ3) is 2.64. The quantitative estimate of drug-likeness (QED) is 0.616. The van der Waals surface area contributed by atoms with Crippen LogP contribution in [-0.4, -0.2) is 25.8 Å². The third-order valence-corrected chi connectivity index (χ3v) is 2.26. The zero-order valence-electron chi connectivity index (χ0n) is 7.18. The van der Waals surface area contributed by atoms with Crippen LogP contribution >= 0.6 is 0 Å². The molecule has 1 N–H and O–H groups in total. The van der Waals surface area contributed by atoms with E-state index in [0.717, 1.165) is 19.8 Å². The minimum absolute atomic E-state index is 0.565. The molecule has 0 aromatic heterocycles. The normalized spacial score (nSPS) is 26.8. The van der Waals surface area contributed by atoms with Crippen LogP contribution in [0, 0.1) is 5.92 Å². The zero-order chi connectivity index (χ0) is 8.10. The van der Waals surface area contributed by atoms with E-state index in [1.807, 2.05) is 6.08 Å². The minimum atomic E-state index is 0.565. The Morgan fingerprint density at radius 3 is 3.18 bits per heavy atom. The Kier molecular flexibility index (Phi) is 3.60. The van der Waals surface area contributed by atoms with Gasteiger partial charge in [0.05, 0.1) is 6.61 Å². The summed E-state index contributed by atoms with van der Waals surface area (Å²) in [6.45, 7) is 8.63. The van der Waals surface area contributed by atoms with Crippen molar-refractivity contribution in [2.24, 2.45) is 5.92 Å². The molecule has 0 saturated carbocycles. The van der Waals surface area contributed by atoms with Crippen LogP contribution in [0.3, 0.4) is 0 Å². The molecule has 1 aliphatic heterocycles. The molecular formula is C9H17NO. The van der Waals surface area contributed by atoms with Gasteiger partial charge >= 0.3 is 0 Å². The summed E-state index contributed by atoms with van der Waals surface area (Å²) >= 11 is 0. The summed E-state index contributed by atoms with van der Waals surface area (Å²) in [5, 5.41) is 3.38. The van der Waals surface area contributed by atoms with Gasteiger partial charge in [-0.1, -0.05) is 6.08 Å². The fourth-order valence-electron chi connectivity index (χ4n) is 1.38. The molecule has 0 spiro atoms. The van der Waals surface area contributed by atoms with Crippen molar-refractivity contribution in [1.29, 1.82) is 0 Å². The molecule has 1 saturated heterocycles. The molecule has 11 heavy (non-hydrogen) atoms. The monoisotopic (exact) mass is 155 g/mol. The first kappa shape index (κ1) is 8.75. The van der Waals surface area contributed by atoms with Crippen molar-refractivity contribution in [3.63, 3.8) is 0 Å². The van der Waals surface area contributed by atoms with Crippen molar-refractivity contribution >= 4 is 0 Å². The summed E-state index contributed by atoms with van der Waals surface area (Å²) in [6, 6.07) is 0.565. The number of hydrogen-bond donors (Lipinski definition) is 1. The first-order chi connectivity index (χ1) is 5.34. The van der Waals surface area contributed by atoms with Gasteiger partial charge in [0.25, 0.3) is 0 Å². The lowest BCUT2D eigenvalue weighted by Crippen LogP contribution is -2.33. The van der Waals surface area contributed by atoms with Crippen molar-refractivity contribution in [2.45, 2.75) is 19.4 Å². The Bertz CT molecular complexity index is 119. The molecule has 0 amide bonds. The fraction of sp³-hybridized carbons (Fsp3) is 0.778. The number of ether oxygens (including phenoxy) is 1. The smallest absolute Gasteiger partial charge is 0.0509 e. The van der Waals surface area contributed by atoms with Gasteiger partial charge in [-0.25, -0.2) is 0 Å². The second-order valence-electron chi connectivity index (χ2n) is 3.11. The summed E-state index contributed by atoms with van der Waals surface area (Å²) < 4.78 is 5.29. The Morgan fingerprint density at radius 2 is 2.64 bits per heavy atom. The van der Waals surface area contributed by atoms with E-state index in [0.29, 0.717) is 12.0 Å². The molecule has 1 heterocycles. The van der Waals surface area contributed by atoms with Crippen molar-refractivity contribution in [3.8, 4) is 0 Å². The van der Waals surface area contributed by atoms with E-state index < -0.39 is 0 Å². The van der Waals surface area contributed by atoms with Crippen LogP contribution in [0.1, 0.15) is 13.3 Å². The molecular weight excluding hydrogens is 138 g/mol. The van der Waals surface area contributed by atoms with Gasteiger partial charge in [-0.3, -0.25) is 0 Å². The molecule has 1 fully saturated rings. The molecule has 1 aliphatic rings. The van der Waals surface area contributed by atoms with Crippen LogP contribution in [-0.2, 0) is 4.74 Å². The second-order valence-corrected chi connectivity index (χ2v) is 3.11. The predicted octanol–water partition coefficient (Wildman–Crippen LogP) is 1.19. The predicted molar refractivity (Wildman–Crippen MR) is 46.6 cm³/mol. The van der Waals surface area contributed by atoms with E-state index in [9.17, 15) is 0 Å². The standard InChI is InChI=1S/C9H17NO/c1-3-5-10-8(2)9-4-6-11-7-9/h3,8-10H,1,4-7H2,2H3. The van der Waals surface area contributed by atoms with Crippen LogP contribution in [0.5, 0.6) is 0 Å². The Morgan fingerprint density at radius 1 is 1.82 bits per heavy atom. The SMILES string of the molecule is C=CCNC(C)C1CCOC1. The average molecular weight is 155 g/mol. The molecule has 0 aliphatic carbocycles. The maximum atomic E-state index is 5.29. The molecule has 2 nitrogen and oxygen atoms in total. The molecule has 0 radical (unpaired) electrons. The largest absolute Gasteiger partial charge is 0.381 e. The van der Waals surface area contributed by atoms with E-state index in [-0.39, 0.29) is 0 Å². The Labute approximate surface area is 68.6 Å². The van der Waals surface area contributed by atoms with Crippen LogP contribution in [0.15, 0.2) is 12.7 Å². The minimum Gasteiger partial charge on any atom is -0.381 e. The van der Waals surface area contributed by atoms with E-state index in [4.69, 9.17) is 4.74 Å². The number of rotatable bonds is 4. The van der Waals surface area contributed by atoms with E-state index >= 15 is 0 Å². The van der Waals surface area contributed by atoms with Crippen LogP contribution < -0.4 is 5.32 Å². The molecule has 1 rings (SSSR count). The molecule has 0 aromatic carbocycles. The van der Waals surface area contributed by atoms with Crippen LogP contribution in [0.4, 0.5) is 0 Å². The maximum absolute atomic E-state index is 5.29. The fourth-order valence-corrected chi connectivity index (χ4v) is 1.38. The highest BCUT2D eigenvalue weighted by Crippen LogP contribution is 2.15. The average Bonchev–Trinajstić information content (AvgIpc) is 2.52. The lowest BCUT2D eigenvalue weighted by molar-refractivity contribution is 0.179. The van der Waals surface area contributed by atoms with Gasteiger partial charge in [0.15, 0.2) is 0 Å². The molecule has 0 bridgehead atoms. The first-order valence-electron chi connectivity index (χ1n) is 4.26. The molecule has 0 aromatic rings. The van der Waals surface area contributed by atoms with E-state index in [2.05, 4.69) is 18.8 Å². The Hall–Kier alpha value is -0.340. The maximum Gasteiger partial charge on any atom is 0.0509 e. The molecule has 2 atom stereocenters. The first-order valence-corrected chi connectivity index (χ1v) is 4.26. The van der Waals surface area contributed by atoms with Gasteiger partial charge in [-0.15, -0.1) is 6.58 Å². The zero-order valence-corrected chi connectivity index (χ0v) is 7.18. The molecule has 64 valence electrons. The summed E-state index contributed by atoms with van der Waals surface area (Å²) in [5.41, 5.74) is 0. The molecule has 2 heteroatoms. The second kappa shape index (κ2) is 4.52. The van der Waals surface area contributed by atoms with E-state index in [1.54, 1.807) is 0 Å². The molecule has 2 unspecified atom stereocenters. The van der Waals surface area contributed by atoms with Crippen molar-refractivity contribution in [2.75, 3.05) is 19.8 Å². The summed E-state index contributed by atoms with van der Waals surface area (Å²) in [6.07, 6.45) is 3.09. The van der Waals surface area contributed by atoms with Gasteiger partial charge < -0.3 is 10.1 Å². The highest BCUT2D eigenvalue weighted by Gasteiger charge is 2.20. The van der Waals surface area contributed by atoms with Gasteiger partial charge in [-0.2, -0.15) is 0 Å². The van der Waals surface area contributed by atoms with Crippen molar-refractivity contribution in [1.82, 2.24) is 5.32 Å². The van der Waals surface area contributed by atoms with Gasteiger partial charge in [0.2, 0.25) is 0 Å². The summed E-state index contributed by atoms with van der Waals surface area (Å²) in [7, 11) is 0. The lowest BCUT2D eigenvalue weighted by Gasteiger charge is -2.17. The van der Waals surface area contributed by atoms with Gasteiger partial charge in [0, 0.05) is 19.2 Å². The van der Waals surface area contributed by atoms with Gasteiger partial charge in [-0.05, 0) is 19.3 Å². The van der Waals surface area contributed by atoms with Crippen molar-refractivity contribution in [3.05, 3.63) is 12.7 Å².